The third-order valence-electron chi connectivity index (χ3n) is 2.32. The molecule has 98 valence electrons. The smallest absolute Gasteiger partial charge is 0.245 e. The van der Waals surface area contributed by atoms with Gasteiger partial charge in [0.2, 0.25) is 11.8 Å². The quantitative estimate of drug-likeness (QED) is 0.523. The summed E-state index contributed by atoms with van der Waals surface area (Å²) in [5, 5.41) is 14.0. The molecule has 1 aromatic rings. The molecule has 18 heavy (non-hydrogen) atoms. The molecular weight excluding hydrogens is 234 g/mol. The van der Waals surface area contributed by atoms with E-state index in [0.29, 0.717) is 12.2 Å². The number of aliphatic hydroxyl groups is 1. The molecule has 1 atom stereocenters. The van der Waals surface area contributed by atoms with Crippen molar-refractivity contribution in [2.75, 3.05) is 12.3 Å². The SMILES string of the molecule is CC(=O)NC(CO)C(=O)NCc1ccc(N)cc1. The molecule has 0 spiro atoms. The van der Waals surface area contributed by atoms with Gasteiger partial charge < -0.3 is 21.5 Å². The Balaban J connectivity index is 2.49. The largest absolute Gasteiger partial charge is 0.399 e. The molecule has 0 aliphatic heterocycles. The summed E-state index contributed by atoms with van der Waals surface area (Å²) < 4.78 is 0. The lowest BCUT2D eigenvalue weighted by atomic mass is 10.2. The van der Waals surface area contributed by atoms with Crippen LogP contribution in [0.25, 0.3) is 0 Å². The second kappa shape index (κ2) is 6.61. The molecule has 0 fully saturated rings. The lowest BCUT2D eigenvalue weighted by Gasteiger charge is -2.15. The molecular formula is C12H17N3O3. The number of anilines is 1. The first-order valence-corrected chi connectivity index (χ1v) is 5.53. The molecule has 1 aromatic carbocycles. The van der Waals surface area contributed by atoms with E-state index in [1.807, 2.05) is 0 Å². The highest BCUT2D eigenvalue weighted by atomic mass is 16.3. The fraction of sp³-hybridized carbons (Fsp3) is 0.333. The minimum atomic E-state index is -0.920. The number of nitrogens with two attached hydrogens (primary N) is 1. The molecule has 1 rings (SSSR count). The number of amides is 2. The number of hydrogen-bond donors (Lipinski definition) is 4. The minimum absolute atomic E-state index is 0.315. The van der Waals surface area contributed by atoms with Crippen LogP contribution in [0, 0.1) is 0 Å². The molecule has 6 heteroatoms. The summed E-state index contributed by atoms with van der Waals surface area (Å²) in [7, 11) is 0. The van der Waals surface area contributed by atoms with Crippen LogP contribution >= 0.6 is 0 Å². The van der Waals surface area contributed by atoms with Crippen molar-refractivity contribution in [1.29, 1.82) is 0 Å². The number of hydrogen-bond acceptors (Lipinski definition) is 4. The van der Waals surface area contributed by atoms with E-state index in [9.17, 15) is 9.59 Å². The van der Waals surface area contributed by atoms with Gasteiger partial charge in [-0.1, -0.05) is 12.1 Å². The zero-order valence-corrected chi connectivity index (χ0v) is 10.1. The molecule has 0 aliphatic rings. The van der Waals surface area contributed by atoms with Gasteiger partial charge in [-0.3, -0.25) is 9.59 Å². The van der Waals surface area contributed by atoms with Crippen LogP contribution in [0.1, 0.15) is 12.5 Å². The first kappa shape index (κ1) is 14.0. The van der Waals surface area contributed by atoms with E-state index in [1.165, 1.54) is 6.92 Å². The molecule has 1 unspecified atom stereocenters. The number of aliphatic hydroxyl groups excluding tert-OH is 1. The fourth-order valence-electron chi connectivity index (χ4n) is 1.39. The average molecular weight is 251 g/mol. The van der Waals surface area contributed by atoms with Gasteiger partial charge in [-0.05, 0) is 17.7 Å². The zero-order valence-electron chi connectivity index (χ0n) is 10.1. The predicted molar refractivity (Wildman–Crippen MR) is 67.4 cm³/mol. The second-order valence-corrected chi connectivity index (χ2v) is 3.90. The maximum Gasteiger partial charge on any atom is 0.245 e. The van der Waals surface area contributed by atoms with Crippen LogP contribution < -0.4 is 16.4 Å². The molecule has 0 bridgehead atoms. The van der Waals surface area contributed by atoms with Gasteiger partial charge in [-0.15, -0.1) is 0 Å². The monoisotopic (exact) mass is 251 g/mol. The Hall–Kier alpha value is -2.08. The van der Waals surface area contributed by atoms with Gasteiger partial charge in [-0.25, -0.2) is 0 Å². The number of benzene rings is 1. The number of nitrogen functional groups attached to an aromatic ring is 1. The third kappa shape index (κ3) is 4.42. The van der Waals surface area contributed by atoms with Crippen LogP contribution in [-0.2, 0) is 16.1 Å². The van der Waals surface area contributed by atoms with Crippen LogP contribution in [0.3, 0.4) is 0 Å². The van der Waals surface area contributed by atoms with Gasteiger partial charge in [0, 0.05) is 19.2 Å². The maximum atomic E-state index is 11.6. The molecule has 0 aromatic heterocycles. The first-order valence-electron chi connectivity index (χ1n) is 5.53. The summed E-state index contributed by atoms with van der Waals surface area (Å²) in [5.74, 6) is -0.791. The molecule has 0 heterocycles. The summed E-state index contributed by atoms with van der Waals surface area (Å²) >= 11 is 0. The van der Waals surface area contributed by atoms with E-state index in [1.54, 1.807) is 24.3 Å². The Kier molecular flexibility index (Phi) is 5.13. The molecule has 0 radical (unpaired) electrons. The average Bonchev–Trinajstić information content (AvgIpc) is 2.34. The molecule has 0 aliphatic carbocycles. The van der Waals surface area contributed by atoms with Crippen molar-refractivity contribution >= 4 is 17.5 Å². The van der Waals surface area contributed by atoms with E-state index in [2.05, 4.69) is 10.6 Å². The zero-order chi connectivity index (χ0) is 13.5. The van der Waals surface area contributed by atoms with Gasteiger partial charge in [-0.2, -0.15) is 0 Å². The number of carbonyl (C=O) groups is 2. The molecule has 0 saturated carbocycles. The van der Waals surface area contributed by atoms with Crippen molar-refractivity contribution < 1.29 is 14.7 Å². The van der Waals surface area contributed by atoms with Crippen LogP contribution in [0.4, 0.5) is 5.69 Å². The molecule has 6 nitrogen and oxygen atoms in total. The molecule has 0 saturated heterocycles. The lowest BCUT2D eigenvalue weighted by molar-refractivity contribution is -0.129. The van der Waals surface area contributed by atoms with Crippen LogP contribution in [-0.4, -0.2) is 29.6 Å². The van der Waals surface area contributed by atoms with Gasteiger partial charge in [0.1, 0.15) is 6.04 Å². The fourth-order valence-corrected chi connectivity index (χ4v) is 1.39. The second-order valence-electron chi connectivity index (χ2n) is 3.90. The Morgan fingerprint density at radius 1 is 1.33 bits per heavy atom. The summed E-state index contributed by atoms with van der Waals surface area (Å²) in [6.07, 6.45) is 0. The number of carbonyl (C=O) groups excluding carboxylic acids is 2. The summed E-state index contributed by atoms with van der Waals surface area (Å²) in [5.41, 5.74) is 7.08. The van der Waals surface area contributed by atoms with Crippen molar-refractivity contribution in [3.8, 4) is 0 Å². The molecule has 5 N–H and O–H groups in total. The van der Waals surface area contributed by atoms with Gasteiger partial charge >= 0.3 is 0 Å². The van der Waals surface area contributed by atoms with Gasteiger partial charge in [0.25, 0.3) is 0 Å². The van der Waals surface area contributed by atoms with E-state index >= 15 is 0 Å². The minimum Gasteiger partial charge on any atom is -0.399 e. The summed E-state index contributed by atoms with van der Waals surface area (Å²) in [4.78, 5) is 22.5. The summed E-state index contributed by atoms with van der Waals surface area (Å²) in [6.45, 7) is 1.16. The highest BCUT2D eigenvalue weighted by molar-refractivity contribution is 5.86. The van der Waals surface area contributed by atoms with Crippen molar-refractivity contribution in [2.24, 2.45) is 0 Å². The van der Waals surface area contributed by atoms with E-state index in [0.717, 1.165) is 5.56 Å². The van der Waals surface area contributed by atoms with Gasteiger partial charge in [0.05, 0.1) is 6.61 Å². The molecule has 2 amide bonds. The summed E-state index contributed by atoms with van der Waals surface area (Å²) in [6, 6.07) is 6.14. The Morgan fingerprint density at radius 2 is 1.94 bits per heavy atom. The third-order valence-corrected chi connectivity index (χ3v) is 2.32. The Bertz CT molecular complexity index is 417. The van der Waals surface area contributed by atoms with E-state index in [4.69, 9.17) is 10.8 Å². The van der Waals surface area contributed by atoms with E-state index in [-0.39, 0.29) is 5.91 Å². The topological polar surface area (TPSA) is 104 Å². The van der Waals surface area contributed by atoms with Crippen molar-refractivity contribution in [2.45, 2.75) is 19.5 Å². The Morgan fingerprint density at radius 3 is 2.44 bits per heavy atom. The lowest BCUT2D eigenvalue weighted by Crippen LogP contribution is -2.48. The predicted octanol–water partition coefficient (Wildman–Crippen LogP) is -0.618. The Labute approximate surface area is 105 Å². The highest BCUT2D eigenvalue weighted by Gasteiger charge is 2.17. The van der Waals surface area contributed by atoms with Crippen molar-refractivity contribution in [3.63, 3.8) is 0 Å². The van der Waals surface area contributed by atoms with Gasteiger partial charge in [0.15, 0.2) is 0 Å². The van der Waals surface area contributed by atoms with Crippen LogP contribution in [0.5, 0.6) is 0 Å². The van der Waals surface area contributed by atoms with Crippen molar-refractivity contribution in [3.05, 3.63) is 29.8 Å². The van der Waals surface area contributed by atoms with Crippen molar-refractivity contribution in [1.82, 2.24) is 10.6 Å². The number of rotatable bonds is 5. The van der Waals surface area contributed by atoms with Crippen LogP contribution in [0.2, 0.25) is 0 Å². The van der Waals surface area contributed by atoms with E-state index < -0.39 is 18.6 Å². The normalized spacial score (nSPS) is 11.7. The highest BCUT2D eigenvalue weighted by Crippen LogP contribution is 2.04. The van der Waals surface area contributed by atoms with Crippen LogP contribution in [0.15, 0.2) is 24.3 Å². The maximum absolute atomic E-state index is 11.6. The first-order chi connectivity index (χ1) is 8.52. The standard InChI is InChI=1S/C12H17N3O3/c1-8(17)15-11(7-16)12(18)14-6-9-2-4-10(13)5-3-9/h2-5,11,16H,6-7,13H2,1H3,(H,14,18)(H,15,17). The number of nitrogens with one attached hydrogen (secondary N) is 2.